The van der Waals surface area contributed by atoms with Gasteiger partial charge in [0.1, 0.15) is 18.0 Å². The number of anilines is 2. The van der Waals surface area contributed by atoms with Gasteiger partial charge in [0, 0.05) is 50.1 Å². The molecule has 0 aliphatic carbocycles. The van der Waals surface area contributed by atoms with E-state index in [-0.39, 0.29) is 18.4 Å². The van der Waals surface area contributed by atoms with Gasteiger partial charge in [-0.3, -0.25) is 14.9 Å². The minimum Gasteiger partial charge on any atom is -0.444 e. The number of carbonyl (C=O) groups is 3. The lowest BCUT2D eigenvalue weighted by atomic mass is 10.1. The first-order valence-electron chi connectivity index (χ1n) is 12.8. The van der Waals surface area contributed by atoms with E-state index in [1.54, 1.807) is 47.8 Å². The largest absolute Gasteiger partial charge is 0.444 e. The molecular weight excluding hydrogens is 508 g/mol. The van der Waals surface area contributed by atoms with Crippen LogP contribution in [0.4, 0.5) is 16.2 Å². The fourth-order valence-electron chi connectivity index (χ4n) is 4.53. The summed E-state index contributed by atoms with van der Waals surface area (Å²) in [6, 6.07) is 20.6. The van der Waals surface area contributed by atoms with Crippen molar-refractivity contribution < 1.29 is 19.1 Å². The van der Waals surface area contributed by atoms with Gasteiger partial charge in [0.05, 0.1) is 11.4 Å². The van der Waals surface area contributed by atoms with E-state index < -0.39 is 6.09 Å². The summed E-state index contributed by atoms with van der Waals surface area (Å²) >= 11 is 0. The number of amides is 3. The maximum atomic E-state index is 13.0. The molecule has 5 aromatic rings. The Balaban J connectivity index is 1.14. The predicted octanol–water partition coefficient (Wildman–Crippen LogP) is 4.82. The second-order valence-electron chi connectivity index (χ2n) is 9.46. The summed E-state index contributed by atoms with van der Waals surface area (Å²) in [4.78, 5) is 41.2. The Morgan fingerprint density at radius 2 is 1.48 bits per heavy atom. The number of ether oxygens (including phenoxy) is 1. The monoisotopic (exact) mass is 538 g/mol. The van der Waals surface area contributed by atoms with Crippen LogP contribution in [0.15, 0.2) is 85.3 Å². The maximum Gasteiger partial charge on any atom is 0.412 e. The molecule has 10 nitrogen and oxygen atoms in total. The van der Waals surface area contributed by atoms with Gasteiger partial charge in [-0.05, 0) is 35.7 Å². The molecule has 0 radical (unpaired) electrons. The minimum atomic E-state index is -0.621. The van der Waals surface area contributed by atoms with Crippen LogP contribution in [-0.4, -0.2) is 38.6 Å². The molecule has 0 bridgehead atoms. The first kappa shape index (κ1) is 26.4. The molecule has 0 spiro atoms. The summed E-state index contributed by atoms with van der Waals surface area (Å²) in [6.07, 6.45) is 5.33. The molecular formula is C30H30N6O4. The number of benzene rings is 2. The van der Waals surface area contributed by atoms with E-state index in [4.69, 9.17) is 4.74 Å². The number of hydrogen-bond acceptors (Lipinski definition) is 4. The Morgan fingerprint density at radius 3 is 2.23 bits per heavy atom. The Morgan fingerprint density at radius 1 is 0.825 bits per heavy atom. The molecule has 3 heterocycles. The number of aryl methyl sites for hydroxylation is 2. The molecule has 3 amide bonds. The lowest BCUT2D eigenvalue weighted by molar-refractivity contribution is 0.0945. The summed E-state index contributed by atoms with van der Waals surface area (Å²) in [7, 11) is 3.45. The highest BCUT2D eigenvalue weighted by Crippen LogP contribution is 2.19. The van der Waals surface area contributed by atoms with Crippen molar-refractivity contribution in [1.29, 1.82) is 0 Å². The van der Waals surface area contributed by atoms with Crippen molar-refractivity contribution >= 4 is 40.2 Å². The van der Waals surface area contributed by atoms with Gasteiger partial charge in [-0.25, -0.2) is 4.79 Å². The van der Waals surface area contributed by atoms with E-state index in [1.807, 2.05) is 54.7 Å². The lowest BCUT2D eigenvalue weighted by Crippen LogP contribution is -2.27. The normalized spacial score (nSPS) is 10.8. The SMILES string of the molecule is Cn1cc(NC(=O)c2cc(NC(=O)OCc3ccccc3)cn2C)cc1C(=O)NCCc1c[nH]c2ccccc12. The van der Waals surface area contributed by atoms with Gasteiger partial charge >= 0.3 is 6.09 Å². The third kappa shape index (κ3) is 6.07. The van der Waals surface area contributed by atoms with Crippen molar-refractivity contribution in [3.63, 3.8) is 0 Å². The molecule has 0 aliphatic rings. The zero-order valence-corrected chi connectivity index (χ0v) is 22.2. The highest BCUT2D eigenvalue weighted by Gasteiger charge is 2.17. The van der Waals surface area contributed by atoms with E-state index in [2.05, 4.69) is 27.0 Å². The Labute approximate surface area is 230 Å². The Hall–Kier alpha value is -5.25. The zero-order chi connectivity index (χ0) is 28.1. The fraction of sp³-hybridized carbons (Fsp3) is 0.167. The van der Waals surface area contributed by atoms with Crippen LogP contribution in [0.3, 0.4) is 0 Å². The quantitative estimate of drug-likeness (QED) is 0.215. The fourth-order valence-corrected chi connectivity index (χ4v) is 4.53. The molecule has 2 aromatic carbocycles. The van der Waals surface area contributed by atoms with E-state index in [0.717, 1.165) is 22.0 Å². The van der Waals surface area contributed by atoms with Crippen LogP contribution in [0.2, 0.25) is 0 Å². The number of nitrogens with zero attached hydrogens (tertiary/aromatic N) is 2. The van der Waals surface area contributed by atoms with Crippen molar-refractivity contribution in [1.82, 2.24) is 19.4 Å². The van der Waals surface area contributed by atoms with Crippen molar-refractivity contribution in [3.05, 3.63) is 108 Å². The van der Waals surface area contributed by atoms with Gasteiger partial charge in [-0.1, -0.05) is 48.5 Å². The standard InChI is InChI=1S/C30H30N6O4/c1-35-17-22(14-26(35)28(37)31-13-12-21-16-32-25-11-7-6-10-24(21)25)33-29(38)27-15-23(18-36(27)2)34-30(39)40-19-20-8-4-3-5-9-20/h3-11,14-18,32H,12-13,19H2,1-2H3,(H,31,37)(H,33,38)(H,34,39). The van der Waals surface area contributed by atoms with E-state index in [9.17, 15) is 14.4 Å². The lowest BCUT2D eigenvalue weighted by Gasteiger charge is -2.05. The average Bonchev–Trinajstić information content (AvgIpc) is 3.64. The molecule has 0 atom stereocenters. The number of H-pyrrole nitrogens is 1. The third-order valence-electron chi connectivity index (χ3n) is 6.55. The van der Waals surface area contributed by atoms with Crippen molar-refractivity contribution in [3.8, 4) is 0 Å². The molecule has 40 heavy (non-hydrogen) atoms. The Kier molecular flexibility index (Phi) is 7.68. The molecule has 3 aromatic heterocycles. The maximum absolute atomic E-state index is 13.0. The van der Waals surface area contributed by atoms with Gasteiger partial charge in [0.15, 0.2) is 0 Å². The summed E-state index contributed by atoms with van der Waals surface area (Å²) in [6.45, 7) is 0.611. The average molecular weight is 539 g/mol. The second kappa shape index (κ2) is 11.6. The molecule has 204 valence electrons. The third-order valence-corrected chi connectivity index (χ3v) is 6.55. The highest BCUT2D eigenvalue weighted by molar-refractivity contribution is 6.05. The van der Waals surface area contributed by atoms with Gasteiger partial charge in [-0.2, -0.15) is 0 Å². The summed E-state index contributed by atoms with van der Waals surface area (Å²) in [5.41, 5.74) is 4.72. The van der Waals surface area contributed by atoms with Crippen LogP contribution in [-0.2, 0) is 31.9 Å². The van der Waals surface area contributed by atoms with Crippen LogP contribution < -0.4 is 16.0 Å². The summed E-state index contributed by atoms with van der Waals surface area (Å²) < 4.78 is 8.51. The van der Waals surface area contributed by atoms with E-state index in [0.29, 0.717) is 35.7 Å². The van der Waals surface area contributed by atoms with Crippen LogP contribution in [0, 0.1) is 0 Å². The Bertz CT molecular complexity index is 1660. The number of hydrogen-bond donors (Lipinski definition) is 4. The zero-order valence-electron chi connectivity index (χ0n) is 22.2. The minimum absolute atomic E-state index is 0.139. The van der Waals surface area contributed by atoms with Gasteiger partial charge in [0.25, 0.3) is 11.8 Å². The number of rotatable bonds is 9. The van der Waals surface area contributed by atoms with E-state index >= 15 is 0 Å². The number of aromatic amines is 1. The van der Waals surface area contributed by atoms with Gasteiger partial charge < -0.3 is 29.5 Å². The van der Waals surface area contributed by atoms with Crippen molar-refractivity contribution in [2.75, 3.05) is 17.2 Å². The van der Waals surface area contributed by atoms with Crippen LogP contribution in [0.1, 0.15) is 32.1 Å². The molecule has 0 saturated heterocycles. The number of aromatic nitrogens is 3. The first-order valence-corrected chi connectivity index (χ1v) is 12.8. The second-order valence-corrected chi connectivity index (χ2v) is 9.46. The molecule has 0 fully saturated rings. The molecule has 5 rings (SSSR count). The molecule has 0 unspecified atom stereocenters. The number of fused-ring (bicyclic) bond motifs is 1. The topological polar surface area (TPSA) is 122 Å². The van der Waals surface area contributed by atoms with Gasteiger partial charge in [0.2, 0.25) is 0 Å². The molecule has 0 saturated carbocycles. The number of nitrogens with one attached hydrogen (secondary N) is 4. The van der Waals surface area contributed by atoms with Gasteiger partial charge in [-0.15, -0.1) is 0 Å². The summed E-state index contributed by atoms with van der Waals surface area (Å²) in [5, 5.41) is 9.55. The molecule has 4 N–H and O–H groups in total. The predicted molar refractivity (Wildman–Crippen MR) is 153 cm³/mol. The smallest absolute Gasteiger partial charge is 0.412 e. The highest BCUT2D eigenvalue weighted by atomic mass is 16.5. The first-order chi connectivity index (χ1) is 19.4. The summed E-state index contributed by atoms with van der Waals surface area (Å²) in [5.74, 6) is -0.618. The van der Waals surface area contributed by atoms with Crippen molar-refractivity contribution in [2.24, 2.45) is 14.1 Å². The van der Waals surface area contributed by atoms with Crippen molar-refractivity contribution in [2.45, 2.75) is 13.0 Å². The van der Waals surface area contributed by atoms with Crippen LogP contribution in [0.5, 0.6) is 0 Å². The molecule has 0 aliphatic heterocycles. The van der Waals surface area contributed by atoms with E-state index in [1.165, 1.54) is 0 Å². The van der Waals surface area contributed by atoms with Crippen LogP contribution in [0.25, 0.3) is 10.9 Å². The number of para-hydroxylation sites is 1. The number of carbonyl (C=O) groups excluding carboxylic acids is 3. The molecule has 10 heteroatoms. The van der Waals surface area contributed by atoms with Crippen LogP contribution >= 0.6 is 0 Å².